The predicted molar refractivity (Wildman–Crippen MR) is 108 cm³/mol. The van der Waals surface area contributed by atoms with E-state index in [1.807, 2.05) is 17.0 Å². The van der Waals surface area contributed by atoms with Crippen LogP contribution in [0.25, 0.3) is 0 Å². The molecule has 7 heteroatoms. The first kappa shape index (κ1) is 22.5. The van der Waals surface area contributed by atoms with Gasteiger partial charge in [0.05, 0.1) is 10.0 Å². The van der Waals surface area contributed by atoms with E-state index in [1.165, 1.54) is 0 Å². The van der Waals surface area contributed by atoms with E-state index in [-0.39, 0.29) is 24.2 Å². The molecule has 0 radical (unpaired) electrons. The molecule has 1 aliphatic heterocycles. The average molecular weight is 409 g/mol. The van der Waals surface area contributed by atoms with E-state index >= 15 is 0 Å². The van der Waals surface area contributed by atoms with Crippen molar-refractivity contribution >= 4 is 41.5 Å². The second-order valence-electron chi connectivity index (χ2n) is 6.69. The van der Waals surface area contributed by atoms with Crippen molar-refractivity contribution in [3.05, 3.63) is 33.8 Å². The van der Waals surface area contributed by atoms with Crippen LogP contribution in [0.15, 0.2) is 18.2 Å². The van der Waals surface area contributed by atoms with Crippen LogP contribution in [0.1, 0.15) is 24.8 Å². The number of rotatable bonds is 7. The van der Waals surface area contributed by atoms with Gasteiger partial charge < -0.3 is 15.1 Å². The van der Waals surface area contributed by atoms with Crippen LogP contribution in [0.2, 0.25) is 10.0 Å². The van der Waals surface area contributed by atoms with E-state index in [1.54, 1.807) is 6.07 Å². The molecule has 142 valence electrons. The van der Waals surface area contributed by atoms with E-state index in [0.717, 1.165) is 51.0 Å². The van der Waals surface area contributed by atoms with Crippen LogP contribution in [0.5, 0.6) is 0 Å². The molecule has 25 heavy (non-hydrogen) atoms. The second kappa shape index (κ2) is 11.2. The van der Waals surface area contributed by atoms with E-state index in [9.17, 15) is 4.79 Å². The molecular formula is C18H28Cl3N3O. The summed E-state index contributed by atoms with van der Waals surface area (Å²) in [6.07, 6.45) is 2.81. The largest absolute Gasteiger partial charge is 0.338 e. The molecule has 0 unspecified atom stereocenters. The van der Waals surface area contributed by atoms with Crippen LogP contribution in [0, 0.1) is 5.92 Å². The Hall–Kier alpha value is -0.520. The van der Waals surface area contributed by atoms with Gasteiger partial charge in [-0.2, -0.15) is 0 Å². The fraction of sp³-hybridized carbons (Fsp3) is 0.611. The molecule has 1 fully saturated rings. The van der Waals surface area contributed by atoms with Crippen molar-refractivity contribution in [1.29, 1.82) is 0 Å². The lowest BCUT2D eigenvalue weighted by Crippen LogP contribution is -2.41. The number of piperidine rings is 1. The zero-order valence-corrected chi connectivity index (χ0v) is 17.3. The molecular weight excluding hydrogens is 381 g/mol. The van der Waals surface area contributed by atoms with Crippen molar-refractivity contribution < 1.29 is 4.79 Å². The molecule has 1 heterocycles. The predicted octanol–water partition coefficient (Wildman–Crippen LogP) is 3.70. The Morgan fingerprint density at radius 3 is 2.44 bits per heavy atom. The van der Waals surface area contributed by atoms with Crippen LogP contribution in [-0.4, -0.2) is 56.0 Å². The molecule has 1 aromatic carbocycles. The van der Waals surface area contributed by atoms with E-state index < -0.39 is 0 Å². The lowest BCUT2D eigenvalue weighted by atomic mass is 9.96. The maximum absolute atomic E-state index is 13.0. The minimum Gasteiger partial charge on any atom is -0.338 e. The van der Waals surface area contributed by atoms with Crippen molar-refractivity contribution in [3.63, 3.8) is 0 Å². The number of hydrogen-bond donors (Lipinski definition) is 1. The number of nitrogens with one attached hydrogen (secondary N) is 1. The van der Waals surface area contributed by atoms with Crippen LogP contribution in [-0.2, 0) is 11.3 Å². The summed E-state index contributed by atoms with van der Waals surface area (Å²) in [5.74, 6) is 0.398. The Kier molecular flexibility index (Phi) is 10.1. The molecule has 0 saturated carbocycles. The van der Waals surface area contributed by atoms with Crippen LogP contribution >= 0.6 is 35.6 Å². The third kappa shape index (κ3) is 7.32. The molecule has 0 atom stereocenters. The van der Waals surface area contributed by atoms with Crippen molar-refractivity contribution in [1.82, 2.24) is 15.1 Å². The number of carbonyl (C=O) groups is 1. The Bertz CT molecular complexity index is 548. The van der Waals surface area contributed by atoms with Crippen LogP contribution in [0.4, 0.5) is 0 Å². The maximum Gasteiger partial charge on any atom is 0.226 e. The highest BCUT2D eigenvalue weighted by molar-refractivity contribution is 6.42. The number of benzene rings is 1. The summed E-state index contributed by atoms with van der Waals surface area (Å²) in [5.41, 5.74) is 1.02. The fourth-order valence-electron chi connectivity index (χ4n) is 3.03. The Morgan fingerprint density at radius 2 is 1.84 bits per heavy atom. The highest BCUT2D eigenvalue weighted by Crippen LogP contribution is 2.24. The molecule has 1 N–H and O–H groups in total. The maximum atomic E-state index is 13.0. The molecule has 1 saturated heterocycles. The summed E-state index contributed by atoms with van der Waals surface area (Å²) in [6, 6.07) is 5.60. The second-order valence-corrected chi connectivity index (χ2v) is 7.50. The van der Waals surface area contributed by atoms with Crippen LogP contribution < -0.4 is 5.32 Å². The highest BCUT2D eigenvalue weighted by atomic mass is 35.5. The first-order valence-electron chi connectivity index (χ1n) is 8.55. The average Bonchev–Trinajstić information content (AvgIpc) is 2.57. The van der Waals surface area contributed by atoms with E-state index in [0.29, 0.717) is 16.6 Å². The number of amides is 1. The summed E-state index contributed by atoms with van der Waals surface area (Å²) in [6.45, 7) is 4.18. The summed E-state index contributed by atoms with van der Waals surface area (Å²) >= 11 is 12.1. The van der Waals surface area contributed by atoms with Gasteiger partial charge in [-0.15, -0.1) is 12.4 Å². The monoisotopic (exact) mass is 407 g/mol. The summed E-state index contributed by atoms with van der Waals surface area (Å²) in [4.78, 5) is 17.1. The van der Waals surface area contributed by atoms with Gasteiger partial charge in [0.25, 0.3) is 0 Å². The number of hydrogen-bond acceptors (Lipinski definition) is 3. The van der Waals surface area contributed by atoms with Crippen molar-refractivity contribution in [3.8, 4) is 0 Å². The molecule has 4 nitrogen and oxygen atoms in total. The molecule has 2 rings (SSSR count). The van der Waals surface area contributed by atoms with Gasteiger partial charge in [0, 0.05) is 19.0 Å². The molecule has 0 aromatic heterocycles. The molecule has 1 amide bonds. The Labute approximate surface area is 167 Å². The quantitative estimate of drug-likeness (QED) is 0.747. The molecule has 0 bridgehead atoms. The van der Waals surface area contributed by atoms with Crippen molar-refractivity contribution in [2.24, 2.45) is 5.92 Å². The third-order valence-corrected chi connectivity index (χ3v) is 5.13. The smallest absolute Gasteiger partial charge is 0.226 e. The standard InChI is InChI=1S/C18H27Cl2N3O.ClH/c1-22(2)10-3-11-23(18(24)15-6-8-21-9-7-15)13-14-4-5-16(19)17(20)12-14;/h4-5,12,15,21H,3,6-11,13H2,1-2H3;1H. The van der Waals surface area contributed by atoms with Gasteiger partial charge in [0.1, 0.15) is 0 Å². The number of nitrogens with zero attached hydrogens (tertiary/aromatic N) is 2. The minimum absolute atomic E-state index is 0. The summed E-state index contributed by atoms with van der Waals surface area (Å²) in [5, 5.41) is 4.40. The molecule has 1 aliphatic rings. The SMILES string of the molecule is CN(C)CCCN(Cc1ccc(Cl)c(Cl)c1)C(=O)C1CCNCC1.Cl. The topological polar surface area (TPSA) is 35.6 Å². The van der Waals surface area contributed by atoms with Crippen molar-refractivity contribution in [2.45, 2.75) is 25.8 Å². The molecule has 1 aromatic rings. The first-order valence-corrected chi connectivity index (χ1v) is 9.31. The van der Waals surface area contributed by atoms with Crippen LogP contribution in [0.3, 0.4) is 0 Å². The Balaban J connectivity index is 0.00000312. The van der Waals surface area contributed by atoms with Gasteiger partial charge in [0.2, 0.25) is 5.91 Å². The lowest BCUT2D eigenvalue weighted by molar-refractivity contribution is -0.137. The van der Waals surface area contributed by atoms with E-state index in [2.05, 4.69) is 24.3 Å². The molecule has 0 spiro atoms. The Morgan fingerprint density at radius 1 is 1.16 bits per heavy atom. The number of carbonyl (C=O) groups excluding carboxylic acids is 1. The summed E-state index contributed by atoms with van der Waals surface area (Å²) in [7, 11) is 4.11. The number of halogens is 3. The van der Waals surface area contributed by atoms with Gasteiger partial charge in [0.15, 0.2) is 0 Å². The normalized spacial score (nSPS) is 15.1. The van der Waals surface area contributed by atoms with Gasteiger partial charge >= 0.3 is 0 Å². The van der Waals surface area contributed by atoms with Crippen molar-refractivity contribution in [2.75, 3.05) is 40.3 Å². The minimum atomic E-state index is 0. The van der Waals surface area contributed by atoms with Gasteiger partial charge in [-0.3, -0.25) is 4.79 Å². The van der Waals surface area contributed by atoms with Gasteiger partial charge in [-0.05, 0) is 70.7 Å². The highest BCUT2D eigenvalue weighted by Gasteiger charge is 2.25. The lowest BCUT2D eigenvalue weighted by Gasteiger charge is -2.30. The van der Waals surface area contributed by atoms with Gasteiger partial charge in [-0.1, -0.05) is 29.3 Å². The van der Waals surface area contributed by atoms with E-state index in [4.69, 9.17) is 23.2 Å². The zero-order valence-electron chi connectivity index (χ0n) is 14.9. The first-order chi connectivity index (χ1) is 11.5. The van der Waals surface area contributed by atoms with Gasteiger partial charge in [-0.25, -0.2) is 0 Å². The third-order valence-electron chi connectivity index (χ3n) is 4.39. The zero-order chi connectivity index (χ0) is 17.5. The fourth-order valence-corrected chi connectivity index (χ4v) is 3.35. The summed E-state index contributed by atoms with van der Waals surface area (Å²) < 4.78 is 0. The molecule has 0 aliphatic carbocycles.